The highest BCUT2D eigenvalue weighted by molar-refractivity contribution is 5.90. The molecule has 0 aliphatic carbocycles. The number of hydrogen-bond acceptors (Lipinski definition) is 4. The molecule has 5 nitrogen and oxygen atoms in total. The van der Waals surface area contributed by atoms with Crippen LogP contribution in [-0.2, 0) is 9.53 Å². The van der Waals surface area contributed by atoms with Gasteiger partial charge >= 0.3 is 0 Å². The van der Waals surface area contributed by atoms with Crippen molar-refractivity contribution in [3.8, 4) is 0 Å². The molecular formula is C16H26N2O3. The average molecular weight is 294 g/mol. The predicted molar refractivity (Wildman–Crippen MR) is 84.4 cm³/mol. The van der Waals surface area contributed by atoms with Crippen LogP contribution in [0.5, 0.6) is 0 Å². The van der Waals surface area contributed by atoms with Crippen LogP contribution >= 0.6 is 0 Å². The Morgan fingerprint density at radius 1 is 1.33 bits per heavy atom. The molecule has 21 heavy (non-hydrogen) atoms. The van der Waals surface area contributed by atoms with Gasteiger partial charge in [0.05, 0.1) is 13.2 Å². The van der Waals surface area contributed by atoms with Gasteiger partial charge in [0.15, 0.2) is 0 Å². The van der Waals surface area contributed by atoms with Crippen molar-refractivity contribution < 1.29 is 14.6 Å². The molecule has 2 N–H and O–H groups in total. The number of nitrogens with one attached hydrogen (secondary N) is 1. The summed E-state index contributed by atoms with van der Waals surface area (Å²) in [5.74, 6) is 0.0243. The van der Waals surface area contributed by atoms with E-state index in [0.717, 1.165) is 30.8 Å². The zero-order valence-corrected chi connectivity index (χ0v) is 13.0. The smallest absolute Gasteiger partial charge is 0.224 e. The molecule has 0 fully saturated rings. The normalized spacial score (nSPS) is 10.9. The van der Waals surface area contributed by atoms with Gasteiger partial charge in [-0.25, -0.2) is 0 Å². The lowest BCUT2D eigenvalue weighted by Gasteiger charge is -2.20. The molecule has 0 bridgehead atoms. The van der Waals surface area contributed by atoms with E-state index < -0.39 is 0 Å². The van der Waals surface area contributed by atoms with E-state index in [1.165, 1.54) is 0 Å². The van der Waals surface area contributed by atoms with Crippen molar-refractivity contribution in [1.82, 2.24) is 4.90 Å². The second-order valence-corrected chi connectivity index (χ2v) is 5.08. The molecule has 0 aliphatic rings. The molecule has 118 valence electrons. The van der Waals surface area contributed by atoms with Gasteiger partial charge in [0.1, 0.15) is 0 Å². The molecule has 5 heteroatoms. The fourth-order valence-corrected chi connectivity index (χ4v) is 2.11. The SMILES string of the molecule is COCCN(CCO)CCCC(=O)Nc1cccc(C)c1. The third-order valence-electron chi connectivity index (χ3n) is 3.21. The number of aliphatic hydroxyl groups excluding tert-OH is 1. The predicted octanol–water partition coefficient (Wildman–Crippen LogP) is 1.65. The number of nitrogens with zero attached hydrogens (tertiary/aromatic N) is 1. The molecule has 0 heterocycles. The Labute approximate surface area is 126 Å². The van der Waals surface area contributed by atoms with Gasteiger partial charge in [-0.15, -0.1) is 0 Å². The number of aliphatic hydroxyl groups is 1. The lowest BCUT2D eigenvalue weighted by Crippen LogP contribution is -2.31. The first-order chi connectivity index (χ1) is 10.2. The number of hydrogen-bond donors (Lipinski definition) is 2. The molecular weight excluding hydrogens is 268 g/mol. The molecule has 0 atom stereocenters. The molecule has 0 radical (unpaired) electrons. The third-order valence-corrected chi connectivity index (χ3v) is 3.21. The fourth-order valence-electron chi connectivity index (χ4n) is 2.11. The second-order valence-electron chi connectivity index (χ2n) is 5.08. The van der Waals surface area contributed by atoms with E-state index in [1.807, 2.05) is 31.2 Å². The number of anilines is 1. The van der Waals surface area contributed by atoms with Gasteiger partial charge in [-0.05, 0) is 37.6 Å². The number of benzene rings is 1. The van der Waals surface area contributed by atoms with E-state index in [1.54, 1.807) is 7.11 Å². The Kier molecular flexibility index (Phi) is 8.66. The van der Waals surface area contributed by atoms with Crippen LogP contribution in [0.4, 0.5) is 5.69 Å². The van der Waals surface area contributed by atoms with Gasteiger partial charge in [0.25, 0.3) is 0 Å². The highest BCUT2D eigenvalue weighted by Crippen LogP contribution is 2.10. The number of carbonyl (C=O) groups is 1. The van der Waals surface area contributed by atoms with Crippen molar-refractivity contribution in [3.63, 3.8) is 0 Å². The first kappa shape index (κ1) is 17.6. The molecule has 1 rings (SSSR count). The van der Waals surface area contributed by atoms with Crippen LogP contribution in [0.3, 0.4) is 0 Å². The maximum absolute atomic E-state index is 11.9. The van der Waals surface area contributed by atoms with Crippen molar-refractivity contribution in [1.29, 1.82) is 0 Å². The van der Waals surface area contributed by atoms with Crippen LogP contribution in [0, 0.1) is 6.92 Å². The lowest BCUT2D eigenvalue weighted by molar-refractivity contribution is -0.116. The topological polar surface area (TPSA) is 61.8 Å². The third kappa shape index (κ3) is 7.80. The summed E-state index contributed by atoms with van der Waals surface area (Å²) in [6.07, 6.45) is 1.24. The quantitative estimate of drug-likeness (QED) is 0.689. The van der Waals surface area contributed by atoms with E-state index in [9.17, 15) is 4.79 Å². The van der Waals surface area contributed by atoms with E-state index in [-0.39, 0.29) is 12.5 Å². The van der Waals surface area contributed by atoms with Crippen molar-refractivity contribution >= 4 is 11.6 Å². The molecule has 0 spiro atoms. The average Bonchev–Trinajstić information content (AvgIpc) is 2.44. The molecule has 0 unspecified atom stereocenters. The number of rotatable bonds is 10. The second kappa shape index (κ2) is 10.3. The Bertz CT molecular complexity index is 424. The summed E-state index contributed by atoms with van der Waals surface area (Å²) >= 11 is 0. The summed E-state index contributed by atoms with van der Waals surface area (Å²) in [4.78, 5) is 14.0. The molecule has 0 saturated carbocycles. The molecule has 1 aromatic rings. The van der Waals surface area contributed by atoms with Gasteiger partial charge in [0.2, 0.25) is 5.91 Å². The van der Waals surface area contributed by atoms with Gasteiger partial charge in [0, 0.05) is 32.3 Å². The van der Waals surface area contributed by atoms with Gasteiger partial charge in [-0.2, -0.15) is 0 Å². The molecule has 1 amide bonds. The molecule has 0 aromatic heterocycles. The van der Waals surface area contributed by atoms with Crippen LogP contribution in [-0.4, -0.2) is 55.9 Å². The minimum absolute atomic E-state index is 0.0243. The lowest BCUT2D eigenvalue weighted by atomic mass is 10.2. The van der Waals surface area contributed by atoms with Crippen LogP contribution in [0.1, 0.15) is 18.4 Å². The highest BCUT2D eigenvalue weighted by Gasteiger charge is 2.07. The minimum atomic E-state index is 0.0243. The van der Waals surface area contributed by atoms with Gasteiger partial charge < -0.3 is 15.2 Å². The van der Waals surface area contributed by atoms with Crippen LogP contribution in [0.15, 0.2) is 24.3 Å². The number of amides is 1. The van der Waals surface area contributed by atoms with Gasteiger partial charge in [-0.3, -0.25) is 9.69 Å². The standard InChI is InChI=1S/C16H26N2O3/c1-14-5-3-6-15(13-14)17-16(20)7-4-8-18(9-11-19)10-12-21-2/h3,5-6,13,19H,4,7-12H2,1-2H3,(H,17,20). The van der Waals surface area contributed by atoms with Crippen LogP contribution < -0.4 is 5.32 Å². The van der Waals surface area contributed by atoms with E-state index in [4.69, 9.17) is 9.84 Å². The van der Waals surface area contributed by atoms with E-state index in [2.05, 4.69) is 10.2 Å². The van der Waals surface area contributed by atoms with Crippen molar-refractivity contribution in [2.75, 3.05) is 45.3 Å². The number of ether oxygens (including phenoxy) is 1. The summed E-state index contributed by atoms with van der Waals surface area (Å²) in [5, 5.41) is 11.9. The zero-order valence-electron chi connectivity index (χ0n) is 13.0. The fraction of sp³-hybridized carbons (Fsp3) is 0.562. The van der Waals surface area contributed by atoms with Crippen LogP contribution in [0.25, 0.3) is 0 Å². The summed E-state index contributed by atoms with van der Waals surface area (Å²) in [5.41, 5.74) is 1.97. The maximum Gasteiger partial charge on any atom is 0.224 e. The zero-order chi connectivity index (χ0) is 15.5. The summed E-state index contributed by atoms with van der Waals surface area (Å²) < 4.78 is 5.03. The van der Waals surface area contributed by atoms with Gasteiger partial charge in [-0.1, -0.05) is 12.1 Å². The maximum atomic E-state index is 11.9. The largest absolute Gasteiger partial charge is 0.395 e. The Balaban J connectivity index is 2.28. The number of aryl methyl sites for hydroxylation is 1. The van der Waals surface area contributed by atoms with Crippen molar-refractivity contribution in [3.05, 3.63) is 29.8 Å². The summed E-state index contributed by atoms with van der Waals surface area (Å²) in [6, 6.07) is 7.77. The first-order valence-corrected chi connectivity index (χ1v) is 7.34. The number of carbonyl (C=O) groups excluding carboxylic acids is 1. The minimum Gasteiger partial charge on any atom is -0.395 e. The molecule has 0 saturated heterocycles. The summed E-state index contributed by atoms with van der Waals surface area (Å²) in [6.45, 7) is 4.93. The summed E-state index contributed by atoms with van der Waals surface area (Å²) in [7, 11) is 1.66. The molecule has 0 aliphatic heterocycles. The Morgan fingerprint density at radius 2 is 2.14 bits per heavy atom. The van der Waals surface area contributed by atoms with Crippen molar-refractivity contribution in [2.45, 2.75) is 19.8 Å². The van der Waals surface area contributed by atoms with E-state index in [0.29, 0.717) is 19.6 Å². The highest BCUT2D eigenvalue weighted by atomic mass is 16.5. The molecule has 1 aromatic carbocycles. The van der Waals surface area contributed by atoms with Crippen molar-refractivity contribution in [2.24, 2.45) is 0 Å². The first-order valence-electron chi connectivity index (χ1n) is 7.34. The number of methoxy groups -OCH3 is 1. The Hall–Kier alpha value is -1.43. The monoisotopic (exact) mass is 294 g/mol. The van der Waals surface area contributed by atoms with E-state index >= 15 is 0 Å². The van der Waals surface area contributed by atoms with Crippen LogP contribution in [0.2, 0.25) is 0 Å². The Morgan fingerprint density at radius 3 is 2.81 bits per heavy atom.